The summed E-state index contributed by atoms with van der Waals surface area (Å²) in [6.07, 6.45) is 0. The van der Waals surface area contributed by atoms with Gasteiger partial charge in [-0.15, -0.1) is 0 Å². The van der Waals surface area contributed by atoms with Crippen molar-refractivity contribution in [3.63, 3.8) is 0 Å². The van der Waals surface area contributed by atoms with E-state index in [1.165, 1.54) is 30.1 Å². The summed E-state index contributed by atoms with van der Waals surface area (Å²) in [5.41, 5.74) is 0.00806. The molecule has 0 saturated carbocycles. The fraction of sp³-hybridized carbons (Fsp3) is 0.273. The molecule has 0 radical (unpaired) electrons. The first-order valence-corrected chi connectivity index (χ1v) is 4.89. The van der Waals surface area contributed by atoms with E-state index >= 15 is 0 Å². The fourth-order valence-corrected chi connectivity index (χ4v) is 1.62. The second-order valence-corrected chi connectivity index (χ2v) is 3.69. The van der Waals surface area contributed by atoms with E-state index < -0.39 is 23.8 Å². The Morgan fingerprint density at radius 2 is 1.88 bits per heavy atom. The van der Waals surface area contributed by atoms with Crippen molar-refractivity contribution in [2.24, 2.45) is 0 Å². The van der Waals surface area contributed by atoms with E-state index in [0.29, 0.717) is 0 Å². The maximum Gasteiger partial charge on any atom is 0.331 e. The zero-order chi connectivity index (χ0) is 11.9. The normalized spacial score (nSPS) is 20.8. The van der Waals surface area contributed by atoms with Gasteiger partial charge in [-0.05, 0) is 19.1 Å². The standard InChI is InChI=1S/C11H11FN2O2/c1-7-10(15)14(11(16)13(7)2)9-6-4-3-5-8(9)12/h3-7H,1-2H3. The van der Waals surface area contributed by atoms with Crippen LogP contribution in [0.3, 0.4) is 0 Å². The topological polar surface area (TPSA) is 40.6 Å². The Bertz CT molecular complexity index is 441. The molecular formula is C11H11FN2O2. The number of hydrogen-bond donors (Lipinski definition) is 0. The Hall–Kier alpha value is -1.91. The van der Waals surface area contributed by atoms with Gasteiger partial charge in [0.2, 0.25) is 0 Å². The van der Waals surface area contributed by atoms with Crippen molar-refractivity contribution in [2.75, 3.05) is 11.9 Å². The predicted octanol–water partition coefficient (Wildman–Crippen LogP) is 1.61. The Balaban J connectivity index is 2.47. The largest absolute Gasteiger partial charge is 0.331 e. The molecule has 5 heteroatoms. The van der Waals surface area contributed by atoms with Crippen LogP contribution in [-0.2, 0) is 4.79 Å². The second kappa shape index (κ2) is 3.59. The SMILES string of the molecule is CC1C(=O)N(c2ccccc2F)C(=O)N1C. The molecule has 0 bridgehead atoms. The first-order chi connectivity index (χ1) is 7.54. The van der Waals surface area contributed by atoms with Gasteiger partial charge in [0, 0.05) is 7.05 Å². The van der Waals surface area contributed by atoms with Crippen molar-refractivity contribution in [3.8, 4) is 0 Å². The van der Waals surface area contributed by atoms with Crippen molar-refractivity contribution in [1.29, 1.82) is 0 Å². The van der Waals surface area contributed by atoms with Crippen LogP contribution >= 0.6 is 0 Å². The lowest BCUT2D eigenvalue weighted by Gasteiger charge is -2.14. The lowest BCUT2D eigenvalue weighted by atomic mass is 10.2. The molecule has 1 aromatic rings. The number of halogens is 1. The molecule has 0 N–H and O–H groups in total. The second-order valence-electron chi connectivity index (χ2n) is 3.69. The fourth-order valence-electron chi connectivity index (χ4n) is 1.62. The average molecular weight is 222 g/mol. The highest BCUT2D eigenvalue weighted by molar-refractivity contribution is 6.21. The van der Waals surface area contributed by atoms with Gasteiger partial charge < -0.3 is 4.90 Å². The van der Waals surface area contributed by atoms with Gasteiger partial charge in [0.25, 0.3) is 5.91 Å². The molecule has 1 aliphatic heterocycles. The molecule has 0 aliphatic carbocycles. The third-order valence-electron chi connectivity index (χ3n) is 2.75. The van der Waals surface area contributed by atoms with E-state index in [2.05, 4.69) is 0 Å². The third-order valence-corrected chi connectivity index (χ3v) is 2.75. The van der Waals surface area contributed by atoms with Gasteiger partial charge >= 0.3 is 6.03 Å². The van der Waals surface area contributed by atoms with Crippen LogP contribution in [0.15, 0.2) is 24.3 Å². The number of carbonyl (C=O) groups excluding carboxylic acids is 2. The minimum absolute atomic E-state index is 0.00806. The first kappa shape index (κ1) is 10.6. The van der Waals surface area contributed by atoms with E-state index in [-0.39, 0.29) is 5.69 Å². The van der Waals surface area contributed by atoms with Crippen molar-refractivity contribution in [1.82, 2.24) is 4.90 Å². The average Bonchev–Trinajstić information content (AvgIpc) is 2.45. The van der Waals surface area contributed by atoms with Gasteiger partial charge in [-0.3, -0.25) is 4.79 Å². The molecule has 84 valence electrons. The molecule has 0 aromatic heterocycles. The summed E-state index contributed by atoms with van der Waals surface area (Å²) in [6, 6.07) is 4.68. The first-order valence-electron chi connectivity index (χ1n) is 4.89. The van der Waals surface area contributed by atoms with Crippen molar-refractivity contribution < 1.29 is 14.0 Å². The lowest BCUT2D eigenvalue weighted by molar-refractivity contribution is -0.119. The third kappa shape index (κ3) is 1.36. The van der Waals surface area contributed by atoms with Crippen LogP contribution in [0.5, 0.6) is 0 Å². The summed E-state index contributed by atoms with van der Waals surface area (Å²) in [5.74, 6) is -0.982. The van der Waals surface area contributed by atoms with E-state index in [1.54, 1.807) is 13.0 Å². The number of amides is 3. The van der Waals surface area contributed by atoms with Gasteiger partial charge in [-0.1, -0.05) is 12.1 Å². The molecule has 2 rings (SSSR count). The molecule has 1 unspecified atom stereocenters. The Morgan fingerprint density at radius 1 is 1.25 bits per heavy atom. The summed E-state index contributed by atoms with van der Waals surface area (Å²) in [7, 11) is 1.52. The highest BCUT2D eigenvalue weighted by Crippen LogP contribution is 2.26. The number of imide groups is 1. The molecule has 1 aromatic carbocycles. The number of rotatable bonds is 1. The number of anilines is 1. The van der Waals surface area contributed by atoms with Crippen molar-refractivity contribution >= 4 is 17.6 Å². The summed E-state index contributed by atoms with van der Waals surface area (Å²) in [6.45, 7) is 1.61. The Labute approximate surface area is 92.3 Å². The highest BCUT2D eigenvalue weighted by atomic mass is 19.1. The van der Waals surface area contributed by atoms with Gasteiger partial charge in [-0.2, -0.15) is 0 Å². The van der Waals surface area contributed by atoms with Crippen molar-refractivity contribution in [2.45, 2.75) is 13.0 Å². The maximum atomic E-state index is 13.5. The van der Waals surface area contributed by atoms with E-state index in [4.69, 9.17) is 0 Å². The molecule has 1 atom stereocenters. The Morgan fingerprint density at radius 3 is 2.38 bits per heavy atom. The summed E-state index contributed by atoms with van der Waals surface area (Å²) >= 11 is 0. The number of likely N-dealkylation sites (N-methyl/N-ethyl adjacent to an activating group) is 1. The molecule has 4 nitrogen and oxygen atoms in total. The van der Waals surface area contributed by atoms with E-state index in [9.17, 15) is 14.0 Å². The monoisotopic (exact) mass is 222 g/mol. The number of para-hydroxylation sites is 1. The summed E-state index contributed by atoms with van der Waals surface area (Å²) < 4.78 is 13.5. The summed E-state index contributed by atoms with van der Waals surface area (Å²) in [4.78, 5) is 25.7. The summed E-state index contributed by atoms with van der Waals surface area (Å²) in [5, 5.41) is 0. The van der Waals surface area contributed by atoms with Crippen molar-refractivity contribution in [3.05, 3.63) is 30.1 Å². The number of urea groups is 1. The molecule has 3 amide bonds. The molecule has 1 fully saturated rings. The predicted molar refractivity (Wildman–Crippen MR) is 56.5 cm³/mol. The van der Waals surface area contributed by atoms with Crippen LogP contribution in [0.1, 0.15) is 6.92 Å². The highest BCUT2D eigenvalue weighted by Gasteiger charge is 2.41. The smallest absolute Gasteiger partial charge is 0.315 e. The van der Waals surface area contributed by atoms with Gasteiger partial charge in [0.15, 0.2) is 0 Å². The zero-order valence-electron chi connectivity index (χ0n) is 8.98. The molecule has 16 heavy (non-hydrogen) atoms. The van der Waals surface area contributed by atoms with Crippen LogP contribution in [0.25, 0.3) is 0 Å². The number of hydrogen-bond acceptors (Lipinski definition) is 2. The molecule has 1 heterocycles. The number of nitrogens with zero attached hydrogens (tertiary/aromatic N) is 2. The van der Waals surface area contributed by atoms with E-state index in [0.717, 1.165) is 4.90 Å². The molecule has 1 aliphatic rings. The quantitative estimate of drug-likeness (QED) is 0.677. The number of carbonyl (C=O) groups is 2. The minimum atomic E-state index is -0.577. The lowest BCUT2D eigenvalue weighted by Crippen LogP contribution is -2.32. The van der Waals surface area contributed by atoms with Crippen LogP contribution < -0.4 is 4.90 Å². The van der Waals surface area contributed by atoms with Crippen LogP contribution in [0.4, 0.5) is 14.9 Å². The van der Waals surface area contributed by atoms with Gasteiger partial charge in [-0.25, -0.2) is 14.1 Å². The van der Waals surface area contributed by atoms with Gasteiger partial charge in [0.05, 0.1) is 5.69 Å². The molecule has 1 saturated heterocycles. The van der Waals surface area contributed by atoms with E-state index in [1.807, 2.05) is 0 Å². The Kier molecular flexibility index (Phi) is 2.38. The molecule has 0 spiro atoms. The number of benzene rings is 1. The molecular weight excluding hydrogens is 211 g/mol. The van der Waals surface area contributed by atoms with Crippen LogP contribution in [0, 0.1) is 5.82 Å². The van der Waals surface area contributed by atoms with Crippen LogP contribution in [-0.4, -0.2) is 29.9 Å². The van der Waals surface area contributed by atoms with Crippen LogP contribution in [0.2, 0.25) is 0 Å². The zero-order valence-corrected chi connectivity index (χ0v) is 8.98. The maximum absolute atomic E-state index is 13.5. The minimum Gasteiger partial charge on any atom is -0.315 e. The van der Waals surface area contributed by atoms with Gasteiger partial charge in [0.1, 0.15) is 11.9 Å².